The van der Waals surface area contributed by atoms with Crippen LogP contribution in [0.1, 0.15) is 50.2 Å². The molecular formula is C19H29NO2S. The maximum Gasteiger partial charge on any atom is 0.261 e. The molecule has 0 spiro atoms. The van der Waals surface area contributed by atoms with E-state index in [0.717, 1.165) is 34.4 Å². The molecule has 4 heteroatoms. The number of hydrogen-bond donors (Lipinski definition) is 1. The lowest BCUT2D eigenvalue weighted by Gasteiger charge is -2.18. The summed E-state index contributed by atoms with van der Waals surface area (Å²) in [6.45, 7) is 6.80. The van der Waals surface area contributed by atoms with Crippen LogP contribution in [0, 0.1) is 13.8 Å². The van der Waals surface area contributed by atoms with E-state index in [1.54, 1.807) is 0 Å². The van der Waals surface area contributed by atoms with Gasteiger partial charge >= 0.3 is 0 Å². The number of rotatable bonds is 8. The van der Waals surface area contributed by atoms with E-state index in [-0.39, 0.29) is 5.91 Å². The smallest absolute Gasteiger partial charge is 0.261 e. The van der Waals surface area contributed by atoms with Crippen molar-refractivity contribution in [2.24, 2.45) is 0 Å². The van der Waals surface area contributed by atoms with Crippen LogP contribution in [0.3, 0.4) is 0 Å². The molecule has 2 rings (SSSR count). The van der Waals surface area contributed by atoms with E-state index in [9.17, 15) is 4.79 Å². The van der Waals surface area contributed by atoms with Gasteiger partial charge in [0.05, 0.1) is 0 Å². The Kier molecular flexibility index (Phi) is 7.28. The summed E-state index contributed by atoms with van der Waals surface area (Å²) in [5, 5.41) is 3.83. The number of benzene rings is 1. The molecule has 23 heavy (non-hydrogen) atoms. The number of hydrogen-bond acceptors (Lipinski definition) is 3. The highest BCUT2D eigenvalue weighted by Crippen LogP contribution is 2.28. The summed E-state index contributed by atoms with van der Waals surface area (Å²) < 4.78 is 5.90. The Labute approximate surface area is 144 Å². The minimum absolute atomic E-state index is 0.00122. The molecule has 128 valence electrons. The predicted octanol–water partition coefficient (Wildman–Crippen LogP) is 4.25. The fourth-order valence-corrected chi connectivity index (χ4v) is 4.28. The summed E-state index contributed by atoms with van der Waals surface area (Å²) in [6.07, 6.45) is 5.68. The number of ether oxygens (including phenoxy) is 1. The molecule has 1 saturated carbocycles. The van der Waals surface area contributed by atoms with Gasteiger partial charge in [0.1, 0.15) is 5.75 Å². The van der Waals surface area contributed by atoms with Crippen molar-refractivity contribution in [3.05, 3.63) is 29.3 Å². The number of aryl methyl sites for hydroxylation is 2. The summed E-state index contributed by atoms with van der Waals surface area (Å²) in [6, 6.07) is 6.08. The average Bonchev–Trinajstić information content (AvgIpc) is 3.01. The Bertz CT molecular complexity index is 492. The van der Waals surface area contributed by atoms with Gasteiger partial charge in [0.2, 0.25) is 0 Å². The molecule has 0 bridgehead atoms. The standard InChI is InChI=1S/C19H29NO2S/c1-4-18(22-16-12-14(2)11-15(3)13-16)19(21)20-9-10-23-17-7-5-6-8-17/h11-13,17-18H,4-10H2,1-3H3,(H,20,21)/t18-/m1/s1. The Morgan fingerprint density at radius 3 is 2.52 bits per heavy atom. The number of carbonyl (C=O) groups is 1. The van der Waals surface area contributed by atoms with Crippen LogP contribution < -0.4 is 10.1 Å². The number of nitrogens with one attached hydrogen (secondary N) is 1. The molecule has 1 N–H and O–H groups in total. The quantitative estimate of drug-likeness (QED) is 0.722. The summed E-state index contributed by atoms with van der Waals surface area (Å²) >= 11 is 2.00. The van der Waals surface area contributed by atoms with Gasteiger partial charge in [-0.05, 0) is 56.4 Å². The fraction of sp³-hybridized carbons (Fsp3) is 0.632. The van der Waals surface area contributed by atoms with Crippen LogP contribution in [0.4, 0.5) is 0 Å². The predicted molar refractivity (Wildman–Crippen MR) is 98.3 cm³/mol. The summed E-state index contributed by atoms with van der Waals surface area (Å²) in [7, 11) is 0. The zero-order valence-corrected chi connectivity index (χ0v) is 15.4. The Morgan fingerprint density at radius 2 is 1.91 bits per heavy atom. The first-order chi connectivity index (χ1) is 11.1. The van der Waals surface area contributed by atoms with E-state index in [1.165, 1.54) is 25.7 Å². The maximum atomic E-state index is 12.3. The molecular weight excluding hydrogens is 306 g/mol. The van der Waals surface area contributed by atoms with Crippen molar-refractivity contribution in [3.8, 4) is 5.75 Å². The zero-order chi connectivity index (χ0) is 16.7. The highest BCUT2D eigenvalue weighted by atomic mass is 32.2. The molecule has 1 aliphatic carbocycles. The molecule has 1 amide bonds. The second-order valence-electron chi connectivity index (χ2n) is 6.41. The summed E-state index contributed by atoms with van der Waals surface area (Å²) in [5.74, 6) is 1.78. The molecule has 3 nitrogen and oxygen atoms in total. The third kappa shape index (κ3) is 6.09. The fourth-order valence-electron chi connectivity index (χ4n) is 3.06. The molecule has 0 saturated heterocycles. The van der Waals surface area contributed by atoms with Gasteiger partial charge in [-0.1, -0.05) is 25.8 Å². The molecule has 0 aromatic heterocycles. The van der Waals surface area contributed by atoms with E-state index in [1.807, 2.05) is 44.7 Å². The number of thioether (sulfide) groups is 1. The molecule has 0 radical (unpaired) electrons. The van der Waals surface area contributed by atoms with Crippen molar-refractivity contribution in [2.45, 2.75) is 64.2 Å². The van der Waals surface area contributed by atoms with Gasteiger partial charge in [-0.3, -0.25) is 4.79 Å². The first kappa shape index (κ1) is 18.2. The van der Waals surface area contributed by atoms with Crippen LogP contribution >= 0.6 is 11.8 Å². The van der Waals surface area contributed by atoms with E-state index < -0.39 is 6.10 Å². The van der Waals surface area contributed by atoms with E-state index in [4.69, 9.17) is 4.74 Å². The van der Waals surface area contributed by atoms with Crippen LogP contribution in [0.15, 0.2) is 18.2 Å². The van der Waals surface area contributed by atoms with Gasteiger partial charge in [0, 0.05) is 17.5 Å². The van der Waals surface area contributed by atoms with Gasteiger partial charge in [-0.15, -0.1) is 0 Å². The number of carbonyl (C=O) groups excluding carboxylic acids is 1. The molecule has 1 fully saturated rings. The topological polar surface area (TPSA) is 38.3 Å². The van der Waals surface area contributed by atoms with Crippen LogP contribution in [0.25, 0.3) is 0 Å². The summed E-state index contributed by atoms with van der Waals surface area (Å²) in [4.78, 5) is 12.3. The van der Waals surface area contributed by atoms with Crippen molar-refractivity contribution in [1.82, 2.24) is 5.32 Å². The summed E-state index contributed by atoms with van der Waals surface area (Å²) in [5.41, 5.74) is 2.31. The van der Waals surface area contributed by atoms with Gasteiger partial charge in [-0.25, -0.2) is 0 Å². The molecule has 1 atom stereocenters. The van der Waals surface area contributed by atoms with Gasteiger partial charge in [0.25, 0.3) is 5.91 Å². The van der Waals surface area contributed by atoms with Crippen LogP contribution in [0.2, 0.25) is 0 Å². The third-order valence-electron chi connectivity index (χ3n) is 4.19. The highest BCUT2D eigenvalue weighted by Gasteiger charge is 2.19. The van der Waals surface area contributed by atoms with Crippen molar-refractivity contribution in [2.75, 3.05) is 12.3 Å². The van der Waals surface area contributed by atoms with E-state index >= 15 is 0 Å². The average molecular weight is 336 g/mol. The number of amides is 1. The van der Waals surface area contributed by atoms with Crippen LogP contribution in [-0.2, 0) is 4.79 Å². The minimum Gasteiger partial charge on any atom is -0.481 e. The van der Waals surface area contributed by atoms with E-state index in [0.29, 0.717) is 6.42 Å². The lowest BCUT2D eigenvalue weighted by Crippen LogP contribution is -2.39. The zero-order valence-electron chi connectivity index (χ0n) is 14.6. The van der Waals surface area contributed by atoms with Crippen molar-refractivity contribution in [3.63, 3.8) is 0 Å². The molecule has 0 heterocycles. The first-order valence-corrected chi connectivity index (χ1v) is 9.77. The molecule has 0 aliphatic heterocycles. The van der Waals surface area contributed by atoms with Crippen molar-refractivity contribution >= 4 is 17.7 Å². The van der Waals surface area contributed by atoms with Gasteiger partial charge in [-0.2, -0.15) is 11.8 Å². The SMILES string of the molecule is CC[C@@H](Oc1cc(C)cc(C)c1)C(=O)NCCSC1CCCC1. The molecule has 1 aliphatic rings. The maximum absolute atomic E-state index is 12.3. The van der Waals surface area contributed by atoms with Crippen LogP contribution in [-0.4, -0.2) is 29.6 Å². The third-order valence-corrected chi connectivity index (χ3v) is 5.58. The first-order valence-electron chi connectivity index (χ1n) is 8.72. The lowest BCUT2D eigenvalue weighted by atomic mass is 10.1. The Balaban J connectivity index is 1.76. The molecule has 1 aromatic carbocycles. The Morgan fingerprint density at radius 1 is 1.26 bits per heavy atom. The second kappa shape index (κ2) is 9.21. The van der Waals surface area contributed by atoms with Gasteiger partial charge in [0.15, 0.2) is 6.10 Å². The normalized spacial score (nSPS) is 16.3. The lowest BCUT2D eigenvalue weighted by molar-refractivity contribution is -0.127. The van der Waals surface area contributed by atoms with Crippen molar-refractivity contribution < 1.29 is 9.53 Å². The Hall–Kier alpha value is -1.16. The van der Waals surface area contributed by atoms with E-state index in [2.05, 4.69) is 11.4 Å². The second-order valence-corrected chi connectivity index (χ2v) is 7.81. The molecule has 0 unspecified atom stereocenters. The monoisotopic (exact) mass is 335 g/mol. The van der Waals surface area contributed by atoms with Gasteiger partial charge < -0.3 is 10.1 Å². The largest absolute Gasteiger partial charge is 0.481 e. The minimum atomic E-state index is -0.410. The van der Waals surface area contributed by atoms with Crippen molar-refractivity contribution in [1.29, 1.82) is 0 Å². The molecule has 1 aromatic rings. The van der Waals surface area contributed by atoms with Crippen LogP contribution in [0.5, 0.6) is 5.75 Å². The highest BCUT2D eigenvalue weighted by molar-refractivity contribution is 7.99.